The van der Waals surface area contributed by atoms with Gasteiger partial charge in [0, 0.05) is 12.3 Å². The lowest BCUT2D eigenvalue weighted by Crippen LogP contribution is -1.93. The summed E-state index contributed by atoms with van der Waals surface area (Å²) >= 11 is 9.18. The molecule has 0 bridgehead atoms. The molecular formula is C12H8BrClFNO2. The fraction of sp³-hybridized carbons (Fsp3) is 0.0833. The minimum absolute atomic E-state index is 0.153. The summed E-state index contributed by atoms with van der Waals surface area (Å²) in [6.07, 6.45) is 1.44. The molecule has 1 aromatic heterocycles. The third-order valence-electron chi connectivity index (χ3n) is 2.15. The molecule has 6 heteroatoms. The number of benzene rings is 1. The first-order chi connectivity index (χ1) is 8.60. The lowest BCUT2D eigenvalue weighted by molar-refractivity contribution is 0.281. The molecular weight excluding hydrogens is 324 g/mol. The van der Waals surface area contributed by atoms with E-state index in [-0.39, 0.29) is 23.3 Å². The van der Waals surface area contributed by atoms with Gasteiger partial charge in [-0.25, -0.2) is 9.37 Å². The zero-order chi connectivity index (χ0) is 13.1. The van der Waals surface area contributed by atoms with Crippen molar-refractivity contribution in [1.82, 2.24) is 4.98 Å². The minimum atomic E-state index is -0.420. The average Bonchev–Trinajstić information content (AvgIpc) is 2.36. The van der Waals surface area contributed by atoms with Crippen LogP contribution in [0.3, 0.4) is 0 Å². The highest BCUT2D eigenvalue weighted by Crippen LogP contribution is 2.32. The molecule has 0 unspecified atom stereocenters. The van der Waals surface area contributed by atoms with Gasteiger partial charge in [0.25, 0.3) is 0 Å². The van der Waals surface area contributed by atoms with E-state index in [1.165, 1.54) is 30.5 Å². The smallest absolute Gasteiger partial charge is 0.238 e. The van der Waals surface area contributed by atoms with Crippen LogP contribution in [-0.4, -0.2) is 10.1 Å². The molecule has 1 heterocycles. The number of pyridine rings is 1. The summed E-state index contributed by atoms with van der Waals surface area (Å²) in [7, 11) is 0. The second-order valence-electron chi connectivity index (χ2n) is 3.47. The number of hydrogen-bond acceptors (Lipinski definition) is 3. The van der Waals surface area contributed by atoms with Crippen molar-refractivity contribution in [1.29, 1.82) is 0 Å². The highest BCUT2D eigenvalue weighted by molar-refractivity contribution is 9.10. The molecule has 0 saturated heterocycles. The Morgan fingerprint density at radius 3 is 2.83 bits per heavy atom. The molecule has 0 amide bonds. The van der Waals surface area contributed by atoms with Crippen molar-refractivity contribution >= 4 is 27.5 Å². The van der Waals surface area contributed by atoms with Gasteiger partial charge in [-0.3, -0.25) is 0 Å². The molecule has 1 aromatic carbocycles. The maximum Gasteiger partial charge on any atom is 0.238 e. The molecule has 0 saturated carbocycles. The first-order valence-corrected chi connectivity index (χ1v) is 6.15. The van der Waals surface area contributed by atoms with E-state index in [1.807, 2.05) is 0 Å². The van der Waals surface area contributed by atoms with Crippen LogP contribution >= 0.6 is 27.5 Å². The molecule has 1 N–H and O–H groups in total. The largest absolute Gasteiger partial charge is 0.436 e. The van der Waals surface area contributed by atoms with E-state index in [1.54, 1.807) is 0 Å². The van der Waals surface area contributed by atoms with Gasteiger partial charge >= 0.3 is 0 Å². The van der Waals surface area contributed by atoms with Gasteiger partial charge in [-0.05, 0) is 39.7 Å². The van der Waals surface area contributed by atoms with Crippen molar-refractivity contribution in [3.63, 3.8) is 0 Å². The number of aliphatic hydroxyl groups is 1. The number of rotatable bonds is 3. The van der Waals surface area contributed by atoms with E-state index < -0.39 is 5.82 Å². The van der Waals surface area contributed by atoms with Crippen LogP contribution in [0.1, 0.15) is 5.56 Å². The quantitative estimate of drug-likeness (QED) is 0.926. The van der Waals surface area contributed by atoms with E-state index >= 15 is 0 Å². The van der Waals surface area contributed by atoms with E-state index in [9.17, 15) is 4.39 Å². The minimum Gasteiger partial charge on any atom is -0.436 e. The zero-order valence-corrected chi connectivity index (χ0v) is 11.4. The molecule has 0 radical (unpaired) electrons. The Labute approximate surface area is 116 Å². The van der Waals surface area contributed by atoms with Crippen LogP contribution in [0.25, 0.3) is 0 Å². The molecule has 0 spiro atoms. The zero-order valence-electron chi connectivity index (χ0n) is 9.03. The number of hydrogen-bond donors (Lipinski definition) is 1. The highest BCUT2D eigenvalue weighted by atomic mass is 79.9. The number of halogens is 3. The molecule has 0 aliphatic heterocycles. The van der Waals surface area contributed by atoms with Crippen LogP contribution in [0.2, 0.25) is 5.02 Å². The topological polar surface area (TPSA) is 42.4 Å². The van der Waals surface area contributed by atoms with Gasteiger partial charge in [-0.15, -0.1) is 0 Å². The maximum absolute atomic E-state index is 13.1. The normalized spacial score (nSPS) is 10.4. The second-order valence-corrected chi connectivity index (χ2v) is 4.73. The van der Waals surface area contributed by atoms with Crippen molar-refractivity contribution in [3.8, 4) is 11.6 Å². The highest BCUT2D eigenvalue weighted by Gasteiger charge is 2.09. The fourth-order valence-corrected chi connectivity index (χ4v) is 1.84. The molecule has 0 aliphatic carbocycles. The van der Waals surface area contributed by atoms with Crippen molar-refractivity contribution in [2.24, 2.45) is 0 Å². The predicted octanol–water partition coefficient (Wildman–Crippen LogP) is 3.92. The SMILES string of the molecule is OCc1cnc(Oc2cc(F)ccc2Br)c(Cl)c1. The Hall–Kier alpha value is -1.17. The van der Waals surface area contributed by atoms with E-state index in [4.69, 9.17) is 21.4 Å². The number of ether oxygens (including phenoxy) is 1. The van der Waals surface area contributed by atoms with Gasteiger partial charge in [0.05, 0.1) is 11.1 Å². The average molecular weight is 333 g/mol. The number of aromatic nitrogens is 1. The molecule has 94 valence electrons. The summed E-state index contributed by atoms with van der Waals surface area (Å²) in [6, 6.07) is 5.60. The van der Waals surface area contributed by atoms with Gasteiger partial charge in [0.1, 0.15) is 16.6 Å². The van der Waals surface area contributed by atoms with E-state index in [2.05, 4.69) is 20.9 Å². The lowest BCUT2D eigenvalue weighted by atomic mass is 10.3. The Morgan fingerprint density at radius 1 is 1.39 bits per heavy atom. The van der Waals surface area contributed by atoms with Crippen LogP contribution < -0.4 is 4.74 Å². The second kappa shape index (κ2) is 5.65. The van der Waals surface area contributed by atoms with Gasteiger partial charge in [0.15, 0.2) is 0 Å². The first kappa shape index (κ1) is 13.3. The third-order valence-corrected chi connectivity index (χ3v) is 3.07. The Morgan fingerprint density at radius 2 is 2.17 bits per heavy atom. The van der Waals surface area contributed by atoms with Crippen LogP contribution in [0.15, 0.2) is 34.9 Å². The van der Waals surface area contributed by atoms with E-state index in [0.29, 0.717) is 10.0 Å². The lowest BCUT2D eigenvalue weighted by Gasteiger charge is -2.08. The Balaban J connectivity index is 2.31. The predicted molar refractivity (Wildman–Crippen MR) is 69.3 cm³/mol. The molecule has 0 aliphatic rings. The number of nitrogens with zero attached hydrogens (tertiary/aromatic N) is 1. The van der Waals surface area contributed by atoms with Crippen molar-refractivity contribution in [2.45, 2.75) is 6.61 Å². The first-order valence-electron chi connectivity index (χ1n) is 4.98. The maximum atomic E-state index is 13.1. The third kappa shape index (κ3) is 2.98. The molecule has 2 aromatic rings. The van der Waals surface area contributed by atoms with Gasteiger partial charge in [-0.2, -0.15) is 0 Å². The number of aliphatic hydroxyl groups excluding tert-OH is 1. The Kier molecular flexibility index (Phi) is 4.16. The molecule has 0 fully saturated rings. The summed E-state index contributed by atoms with van der Waals surface area (Å²) in [5, 5.41) is 9.17. The van der Waals surface area contributed by atoms with Crippen molar-refractivity contribution < 1.29 is 14.2 Å². The van der Waals surface area contributed by atoms with E-state index in [0.717, 1.165) is 0 Å². The van der Waals surface area contributed by atoms with Crippen LogP contribution in [0.4, 0.5) is 4.39 Å². The standard InChI is InChI=1S/C12H8BrClFNO2/c13-9-2-1-8(15)4-11(9)18-12-10(14)3-7(6-17)5-16-12/h1-5,17H,6H2. The van der Waals surface area contributed by atoms with Crippen molar-refractivity contribution in [3.05, 3.63) is 51.3 Å². The van der Waals surface area contributed by atoms with Crippen molar-refractivity contribution in [2.75, 3.05) is 0 Å². The molecule has 0 atom stereocenters. The van der Waals surface area contributed by atoms with Crippen LogP contribution in [0, 0.1) is 5.82 Å². The molecule has 3 nitrogen and oxygen atoms in total. The summed E-state index contributed by atoms with van der Waals surface area (Å²) in [4.78, 5) is 3.96. The monoisotopic (exact) mass is 331 g/mol. The molecule has 18 heavy (non-hydrogen) atoms. The Bertz CT molecular complexity index is 580. The van der Waals surface area contributed by atoms with Gasteiger partial charge in [0.2, 0.25) is 5.88 Å². The fourth-order valence-electron chi connectivity index (χ4n) is 1.29. The van der Waals surface area contributed by atoms with Crippen LogP contribution in [-0.2, 0) is 6.61 Å². The van der Waals surface area contributed by atoms with Gasteiger partial charge in [-0.1, -0.05) is 11.6 Å². The summed E-state index contributed by atoms with van der Waals surface area (Å²) < 4.78 is 19.1. The summed E-state index contributed by atoms with van der Waals surface area (Å²) in [5.74, 6) is 0.0117. The van der Waals surface area contributed by atoms with Gasteiger partial charge < -0.3 is 9.84 Å². The summed E-state index contributed by atoms with van der Waals surface area (Å²) in [6.45, 7) is -0.156. The summed E-state index contributed by atoms with van der Waals surface area (Å²) in [5.41, 5.74) is 0.575. The molecule has 2 rings (SSSR count). The van der Waals surface area contributed by atoms with Crippen LogP contribution in [0.5, 0.6) is 11.6 Å².